The van der Waals surface area contributed by atoms with Gasteiger partial charge in [0.25, 0.3) is 0 Å². The summed E-state index contributed by atoms with van der Waals surface area (Å²) in [4.78, 5) is 24.1. The zero-order valence-corrected chi connectivity index (χ0v) is 17.0. The molecule has 154 valence electrons. The molecular formula is C22H21FN4O2S. The van der Waals surface area contributed by atoms with Crippen molar-refractivity contribution in [3.63, 3.8) is 0 Å². The zero-order chi connectivity index (χ0) is 20.9. The third kappa shape index (κ3) is 4.76. The predicted octanol–water partition coefficient (Wildman–Crippen LogP) is 4.30. The van der Waals surface area contributed by atoms with Crippen LogP contribution in [-0.2, 0) is 4.79 Å². The van der Waals surface area contributed by atoms with E-state index in [-0.39, 0.29) is 23.5 Å². The molecule has 0 radical (unpaired) electrons. The molecular weight excluding hydrogens is 403 g/mol. The average Bonchev–Trinajstić information content (AvgIpc) is 3.25. The van der Waals surface area contributed by atoms with Crippen molar-refractivity contribution >= 4 is 34.5 Å². The van der Waals surface area contributed by atoms with Crippen molar-refractivity contribution in [3.05, 3.63) is 54.3 Å². The highest BCUT2D eigenvalue weighted by molar-refractivity contribution is 8.00. The van der Waals surface area contributed by atoms with Crippen LogP contribution in [0.15, 0.2) is 53.6 Å². The maximum absolute atomic E-state index is 13.3. The lowest BCUT2D eigenvalue weighted by Gasteiger charge is -2.12. The van der Waals surface area contributed by atoms with Gasteiger partial charge >= 0.3 is 6.03 Å². The molecule has 4 rings (SSSR count). The molecule has 2 N–H and O–H groups in total. The van der Waals surface area contributed by atoms with Crippen LogP contribution in [-0.4, -0.2) is 33.9 Å². The molecule has 0 saturated heterocycles. The number of imide groups is 1. The van der Waals surface area contributed by atoms with Gasteiger partial charge in [-0.25, -0.2) is 9.18 Å². The number of fused-ring (bicyclic) bond motifs is 1. The van der Waals surface area contributed by atoms with Gasteiger partial charge in [0.1, 0.15) is 16.5 Å². The fourth-order valence-electron chi connectivity index (χ4n) is 3.60. The molecule has 2 aromatic carbocycles. The minimum Gasteiger partial charge on any atom is -0.335 e. The Morgan fingerprint density at radius 3 is 2.43 bits per heavy atom. The van der Waals surface area contributed by atoms with Crippen LogP contribution in [0.5, 0.6) is 0 Å². The highest BCUT2D eigenvalue weighted by atomic mass is 32.2. The van der Waals surface area contributed by atoms with E-state index in [9.17, 15) is 14.0 Å². The first-order chi connectivity index (χ1) is 14.6. The maximum Gasteiger partial charge on any atom is 0.321 e. The van der Waals surface area contributed by atoms with Crippen molar-refractivity contribution in [2.24, 2.45) is 0 Å². The molecule has 1 aliphatic carbocycles. The molecule has 1 saturated carbocycles. The molecule has 0 bridgehead atoms. The smallest absolute Gasteiger partial charge is 0.321 e. The third-order valence-corrected chi connectivity index (χ3v) is 6.04. The van der Waals surface area contributed by atoms with E-state index in [4.69, 9.17) is 0 Å². The molecule has 0 unspecified atom stereocenters. The van der Waals surface area contributed by atoms with Gasteiger partial charge in [-0.1, -0.05) is 48.9 Å². The van der Waals surface area contributed by atoms with E-state index < -0.39 is 6.03 Å². The van der Waals surface area contributed by atoms with E-state index in [1.807, 2.05) is 24.3 Å². The summed E-state index contributed by atoms with van der Waals surface area (Å²) in [5.41, 5.74) is 1.41. The minimum atomic E-state index is -0.449. The number of carbonyl (C=O) groups excluding carboxylic acids is 2. The standard InChI is InChI=1S/C22H21FN4O2S/c23-15-11-9-14(10-12-15)20-17-7-3-4-8-18(17)21(27-26-20)30-13-19(28)25-22(29)24-16-5-1-2-6-16/h3-4,7-12,16H,1-2,5-6,13H2,(H2,24,25,28,29). The first-order valence-corrected chi connectivity index (χ1v) is 10.8. The number of amides is 3. The highest BCUT2D eigenvalue weighted by Crippen LogP contribution is 2.31. The number of halogens is 1. The summed E-state index contributed by atoms with van der Waals surface area (Å²) < 4.78 is 13.3. The van der Waals surface area contributed by atoms with Gasteiger partial charge in [-0.15, -0.1) is 10.2 Å². The number of carbonyl (C=O) groups is 2. The Morgan fingerprint density at radius 1 is 1.00 bits per heavy atom. The van der Waals surface area contributed by atoms with Crippen LogP contribution in [0.2, 0.25) is 0 Å². The van der Waals surface area contributed by atoms with Crippen molar-refractivity contribution in [1.29, 1.82) is 0 Å². The van der Waals surface area contributed by atoms with Crippen LogP contribution in [0.1, 0.15) is 25.7 Å². The van der Waals surface area contributed by atoms with Gasteiger partial charge in [0.05, 0.1) is 5.75 Å². The predicted molar refractivity (Wildman–Crippen MR) is 115 cm³/mol. The van der Waals surface area contributed by atoms with Crippen molar-refractivity contribution in [3.8, 4) is 11.3 Å². The number of urea groups is 1. The summed E-state index contributed by atoms with van der Waals surface area (Å²) in [5, 5.41) is 16.1. The van der Waals surface area contributed by atoms with Gasteiger partial charge < -0.3 is 5.32 Å². The maximum atomic E-state index is 13.3. The van der Waals surface area contributed by atoms with Crippen LogP contribution in [0.3, 0.4) is 0 Å². The largest absolute Gasteiger partial charge is 0.335 e. The quantitative estimate of drug-likeness (QED) is 0.597. The molecule has 8 heteroatoms. The molecule has 3 amide bonds. The Kier molecular flexibility index (Phi) is 6.23. The second kappa shape index (κ2) is 9.21. The molecule has 0 atom stereocenters. The lowest BCUT2D eigenvalue weighted by molar-refractivity contribution is -0.117. The molecule has 1 heterocycles. The normalized spacial score (nSPS) is 14.0. The molecule has 0 spiro atoms. The first kappa shape index (κ1) is 20.3. The van der Waals surface area contributed by atoms with Crippen molar-refractivity contribution in [2.45, 2.75) is 36.8 Å². The number of nitrogens with one attached hydrogen (secondary N) is 2. The summed E-state index contributed by atoms with van der Waals surface area (Å²) in [5.74, 6) is -0.651. The first-order valence-electron chi connectivity index (χ1n) is 9.84. The Bertz CT molecular complexity index is 1070. The second-order valence-corrected chi connectivity index (χ2v) is 8.16. The number of thioether (sulfide) groups is 1. The molecule has 0 aliphatic heterocycles. The molecule has 1 aliphatic rings. The summed E-state index contributed by atoms with van der Waals surface area (Å²) in [6, 6.07) is 13.4. The minimum absolute atomic E-state index is 0.0483. The van der Waals surface area contributed by atoms with E-state index in [2.05, 4.69) is 20.8 Å². The van der Waals surface area contributed by atoms with Crippen LogP contribution in [0.25, 0.3) is 22.0 Å². The van der Waals surface area contributed by atoms with Gasteiger partial charge in [0.2, 0.25) is 5.91 Å². The number of benzene rings is 2. The summed E-state index contributed by atoms with van der Waals surface area (Å²) >= 11 is 1.22. The summed E-state index contributed by atoms with van der Waals surface area (Å²) in [6.07, 6.45) is 4.12. The number of nitrogens with zero attached hydrogens (tertiary/aromatic N) is 2. The van der Waals surface area contributed by atoms with Crippen molar-refractivity contribution in [1.82, 2.24) is 20.8 Å². The van der Waals surface area contributed by atoms with Gasteiger partial charge in [-0.05, 0) is 37.1 Å². The van der Waals surface area contributed by atoms with Crippen LogP contribution < -0.4 is 10.6 Å². The van der Waals surface area contributed by atoms with Crippen molar-refractivity contribution < 1.29 is 14.0 Å². The molecule has 1 fully saturated rings. The molecule has 30 heavy (non-hydrogen) atoms. The topological polar surface area (TPSA) is 84.0 Å². The van der Waals surface area contributed by atoms with Gasteiger partial charge in [0.15, 0.2) is 0 Å². The molecule has 3 aromatic rings. The number of hydrogen-bond acceptors (Lipinski definition) is 5. The Morgan fingerprint density at radius 2 is 1.70 bits per heavy atom. The zero-order valence-electron chi connectivity index (χ0n) is 16.2. The third-order valence-electron chi connectivity index (χ3n) is 5.05. The summed E-state index contributed by atoms with van der Waals surface area (Å²) in [7, 11) is 0. The lowest BCUT2D eigenvalue weighted by Crippen LogP contribution is -2.44. The van der Waals surface area contributed by atoms with Crippen LogP contribution >= 0.6 is 11.8 Å². The highest BCUT2D eigenvalue weighted by Gasteiger charge is 2.19. The van der Waals surface area contributed by atoms with Crippen LogP contribution in [0.4, 0.5) is 9.18 Å². The van der Waals surface area contributed by atoms with E-state index in [0.717, 1.165) is 42.0 Å². The monoisotopic (exact) mass is 424 g/mol. The Hall–Kier alpha value is -3.00. The molecule has 1 aromatic heterocycles. The second-order valence-electron chi connectivity index (χ2n) is 7.20. The van der Waals surface area contributed by atoms with E-state index >= 15 is 0 Å². The van der Waals surface area contributed by atoms with Crippen LogP contribution in [0, 0.1) is 5.82 Å². The van der Waals surface area contributed by atoms with Gasteiger partial charge in [0, 0.05) is 22.4 Å². The van der Waals surface area contributed by atoms with E-state index in [1.165, 1.54) is 23.9 Å². The van der Waals surface area contributed by atoms with Gasteiger partial charge in [-0.2, -0.15) is 0 Å². The number of rotatable bonds is 5. The van der Waals surface area contributed by atoms with E-state index in [0.29, 0.717) is 10.7 Å². The van der Waals surface area contributed by atoms with E-state index in [1.54, 1.807) is 12.1 Å². The number of hydrogen-bond donors (Lipinski definition) is 2. The fourth-order valence-corrected chi connectivity index (χ4v) is 4.37. The Balaban J connectivity index is 1.45. The Labute approximate surface area is 177 Å². The number of aromatic nitrogens is 2. The fraction of sp³-hybridized carbons (Fsp3) is 0.273. The average molecular weight is 425 g/mol. The molecule has 6 nitrogen and oxygen atoms in total. The van der Waals surface area contributed by atoms with Crippen molar-refractivity contribution in [2.75, 3.05) is 5.75 Å². The SMILES string of the molecule is O=C(CSc1nnc(-c2ccc(F)cc2)c2ccccc12)NC(=O)NC1CCCC1. The van der Waals surface area contributed by atoms with Gasteiger partial charge in [-0.3, -0.25) is 10.1 Å². The lowest BCUT2D eigenvalue weighted by atomic mass is 10.1. The summed E-state index contributed by atoms with van der Waals surface area (Å²) in [6.45, 7) is 0.